The van der Waals surface area contributed by atoms with E-state index < -0.39 is 0 Å². The molecule has 1 aromatic rings. The molecular formula is C27H34N2. The number of nitriles is 1. The zero-order chi connectivity index (χ0) is 21.7. The fraction of sp³-hybridized carbons (Fsp3) is 0.370. The minimum absolute atomic E-state index is 0.0467. The highest BCUT2D eigenvalue weighted by Crippen LogP contribution is 2.45. The predicted molar refractivity (Wildman–Crippen MR) is 124 cm³/mol. The zero-order valence-corrected chi connectivity index (χ0v) is 18.9. The van der Waals surface area contributed by atoms with Crippen LogP contribution in [-0.4, -0.2) is 0 Å². The van der Waals surface area contributed by atoms with Crippen molar-refractivity contribution in [2.24, 2.45) is 0 Å². The molecule has 0 saturated heterocycles. The van der Waals surface area contributed by atoms with Crippen LogP contribution in [0.15, 0.2) is 76.7 Å². The van der Waals surface area contributed by atoms with Gasteiger partial charge in [-0.05, 0) is 85.6 Å². The monoisotopic (exact) mass is 386 g/mol. The van der Waals surface area contributed by atoms with Gasteiger partial charge in [-0.3, -0.25) is 0 Å². The predicted octanol–water partition coefficient (Wildman–Crippen LogP) is 7.23. The Balaban J connectivity index is 2.91. The molecule has 1 atom stereocenters. The first-order valence-electron chi connectivity index (χ1n) is 10.5. The molecule has 1 unspecified atom stereocenters. The summed E-state index contributed by atoms with van der Waals surface area (Å²) in [6.07, 6.45) is 4.82. The molecule has 0 saturated carbocycles. The van der Waals surface area contributed by atoms with Crippen molar-refractivity contribution in [3.8, 4) is 6.07 Å². The van der Waals surface area contributed by atoms with Crippen LogP contribution in [0.25, 0.3) is 0 Å². The SMILES string of the molecule is C=C(CC)C(=C(C)C)C(C1=C(C)C(CC)=CNC1=C)c1ccc(C#N)cc1CC. The van der Waals surface area contributed by atoms with E-state index in [-0.39, 0.29) is 5.92 Å². The Hall–Kier alpha value is -2.79. The van der Waals surface area contributed by atoms with Crippen molar-refractivity contribution in [2.45, 2.75) is 66.7 Å². The zero-order valence-electron chi connectivity index (χ0n) is 18.9. The Labute approximate surface area is 177 Å². The van der Waals surface area contributed by atoms with Gasteiger partial charge in [0.05, 0.1) is 11.6 Å². The molecule has 1 N–H and O–H groups in total. The number of aryl methyl sites for hydroxylation is 1. The average Bonchev–Trinajstić information content (AvgIpc) is 2.72. The van der Waals surface area contributed by atoms with E-state index in [0.29, 0.717) is 5.56 Å². The lowest BCUT2D eigenvalue weighted by Crippen LogP contribution is -2.22. The number of hydrogen-bond acceptors (Lipinski definition) is 2. The molecule has 2 rings (SSSR count). The first-order chi connectivity index (χ1) is 13.8. The van der Waals surface area contributed by atoms with E-state index in [0.717, 1.165) is 30.5 Å². The second kappa shape index (κ2) is 9.61. The van der Waals surface area contributed by atoms with Crippen LogP contribution in [0.2, 0.25) is 0 Å². The average molecular weight is 387 g/mol. The van der Waals surface area contributed by atoms with E-state index >= 15 is 0 Å². The van der Waals surface area contributed by atoms with Crippen molar-refractivity contribution < 1.29 is 0 Å². The van der Waals surface area contributed by atoms with Crippen LogP contribution in [0.3, 0.4) is 0 Å². The molecule has 0 aliphatic carbocycles. The molecule has 2 nitrogen and oxygen atoms in total. The Bertz CT molecular complexity index is 957. The van der Waals surface area contributed by atoms with E-state index in [1.807, 2.05) is 12.1 Å². The molecule has 2 heteroatoms. The van der Waals surface area contributed by atoms with Gasteiger partial charge in [-0.2, -0.15) is 5.26 Å². The largest absolute Gasteiger partial charge is 0.362 e. The van der Waals surface area contributed by atoms with E-state index in [1.165, 1.54) is 39.0 Å². The minimum atomic E-state index is 0.0467. The van der Waals surface area contributed by atoms with E-state index in [4.69, 9.17) is 0 Å². The maximum atomic E-state index is 9.40. The van der Waals surface area contributed by atoms with Gasteiger partial charge in [0, 0.05) is 17.8 Å². The van der Waals surface area contributed by atoms with Gasteiger partial charge in [0.15, 0.2) is 0 Å². The van der Waals surface area contributed by atoms with E-state index in [2.05, 4.69) is 78.4 Å². The fourth-order valence-corrected chi connectivity index (χ4v) is 4.27. The van der Waals surface area contributed by atoms with Crippen LogP contribution in [0.4, 0.5) is 0 Å². The van der Waals surface area contributed by atoms with Gasteiger partial charge in [0.2, 0.25) is 0 Å². The molecule has 29 heavy (non-hydrogen) atoms. The normalized spacial score (nSPS) is 14.7. The van der Waals surface area contributed by atoms with Crippen LogP contribution in [-0.2, 0) is 6.42 Å². The van der Waals surface area contributed by atoms with Gasteiger partial charge in [0.25, 0.3) is 0 Å². The number of nitrogens with one attached hydrogen (secondary N) is 1. The fourth-order valence-electron chi connectivity index (χ4n) is 4.27. The van der Waals surface area contributed by atoms with Crippen LogP contribution in [0.5, 0.6) is 0 Å². The summed E-state index contributed by atoms with van der Waals surface area (Å²) in [5.74, 6) is 0.0467. The van der Waals surface area contributed by atoms with Gasteiger partial charge < -0.3 is 5.32 Å². The Kier molecular flexibility index (Phi) is 7.46. The van der Waals surface area contributed by atoms with Crippen molar-refractivity contribution in [3.63, 3.8) is 0 Å². The van der Waals surface area contributed by atoms with Gasteiger partial charge in [0.1, 0.15) is 0 Å². The summed E-state index contributed by atoms with van der Waals surface area (Å²) in [6, 6.07) is 8.38. The summed E-state index contributed by atoms with van der Waals surface area (Å²) in [4.78, 5) is 0. The van der Waals surface area contributed by atoms with Crippen molar-refractivity contribution in [2.75, 3.05) is 0 Å². The second-order valence-corrected chi connectivity index (χ2v) is 7.87. The first kappa shape index (κ1) is 22.5. The van der Waals surface area contributed by atoms with Crippen LogP contribution < -0.4 is 5.32 Å². The summed E-state index contributed by atoms with van der Waals surface area (Å²) in [6.45, 7) is 21.8. The number of allylic oxidation sites excluding steroid dienone is 6. The highest BCUT2D eigenvalue weighted by molar-refractivity contribution is 5.60. The van der Waals surface area contributed by atoms with Crippen molar-refractivity contribution in [1.29, 1.82) is 5.26 Å². The topological polar surface area (TPSA) is 35.8 Å². The van der Waals surface area contributed by atoms with E-state index in [1.54, 1.807) is 0 Å². The van der Waals surface area contributed by atoms with Crippen molar-refractivity contribution in [1.82, 2.24) is 5.32 Å². The Morgan fingerprint density at radius 3 is 2.38 bits per heavy atom. The lowest BCUT2D eigenvalue weighted by atomic mass is 9.73. The molecule has 1 heterocycles. The standard InChI is InChI=1S/C27H34N2/c1-9-18(6)25(17(4)5)27(24-13-12-21(15-28)14-22(24)10-2)26-19(7)23(11-3)16-29-20(26)8/h12-14,16,27,29H,6,8-11H2,1-5,7H3. The van der Waals surface area contributed by atoms with Crippen LogP contribution in [0.1, 0.15) is 77.0 Å². The molecule has 0 bridgehead atoms. The molecule has 152 valence electrons. The molecule has 1 aromatic carbocycles. The molecular weight excluding hydrogens is 352 g/mol. The molecule has 0 fully saturated rings. The maximum Gasteiger partial charge on any atom is 0.0991 e. The molecule has 0 aromatic heterocycles. The number of benzene rings is 1. The third-order valence-corrected chi connectivity index (χ3v) is 5.90. The lowest BCUT2D eigenvalue weighted by Gasteiger charge is -2.33. The van der Waals surface area contributed by atoms with E-state index in [9.17, 15) is 5.26 Å². The molecule has 1 aliphatic heterocycles. The highest BCUT2D eigenvalue weighted by atomic mass is 14.9. The first-order valence-corrected chi connectivity index (χ1v) is 10.5. The quantitative estimate of drug-likeness (QED) is 0.502. The van der Waals surface area contributed by atoms with Gasteiger partial charge in [-0.25, -0.2) is 0 Å². The third-order valence-electron chi connectivity index (χ3n) is 5.90. The summed E-state index contributed by atoms with van der Waals surface area (Å²) >= 11 is 0. The van der Waals surface area contributed by atoms with Gasteiger partial charge in [-0.1, -0.05) is 51.1 Å². The van der Waals surface area contributed by atoms with Crippen molar-refractivity contribution >= 4 is 0 Å². The summed E-state index contributed by atoms with van der Waals surface area (Å²) in [7, 11) is 0. The smallest absolute Gasteiger partial charge is 0.0991 e. The lowest BCUT2D eigenvalue weighted by molar-refractivity contribution is 0.822. The number of nitrogens with zero attached hydrogens (tertiary/aromatic N) is 1. The Morgan fingerprint density at radius 1 is 1.17 bits per heavy atom. The summed E-state index contributed by atoms with van der Waals surface area (Å²) in [5, 5.41) is 12.8. The summed E-state index contributed by atoms with van der Waals surface area (Å²) in [5.41, 5.74) is 11.6. The maximum absolute atomic E-state index is 9.40. The Morgan fingerprint density at radius 2 is 1.86 bits per heavy atom. The minimum Gasteiger partial charge on any atom is -0.362 e. The number of hydrogen-bond donors (Lipinski definition) is 1. The molecule has 0 radical (unpaired) electrons. The van der Waals surface area contributed by atoms with Crippen molar-refractivity contribution in [3.05, 3.63) is 93.4 Å². The molecule has 0 spiro atoms. The number of rotatable bonds is 7. The molecule has 1 aliphatic rings. The summed E-state index contributed by atoms with van der Waals surface area (Å²) < 4.78 is 0. The highest BCUT2D eigenvalue weighted by Gasteiger charge is 2.30. The van der Waals surface area contributed by atoms with Crippen LogP contribution >= 0.6 is 0 Å². The van der Waals surface area contributed by atoms with Gasteiger partial charge >= 0.3 is 0 Å². The number of dihydropyridines is 1. The van der Waals surface area contributed by atoms with Gasteiger partial charge in [-0.15, -0.1) is 0 Å². The third kappa shape index (κ3) is 4.46. The second-order valence-electron chi connectivity index (χ2n) is 7.87. The molecule has 0 amide bonds. The van der Waals surface area contributed by atoms with Crippen LogP contribution in [0, 0.1) is 11.3 Å².